The number of benzene rings is 3. The summed E-state index contributed by atoms with van der Waals surface area (Å²) < 4.78 is 0. The molecule has 4 aromatic rings. The van der Waals surface area contributed by atoms with Gasteiger partial charge in [0.25, 0.3) is 0 Å². The number of anilines is 1. The van der Waals surface area contributed by atoms with Crippen molar-refractivity contribution in [3.8, 4) is 11.1 Å². The van der Waals surface area contributed by atoms with Gasteiger partial charge in [0.15, 0.2) is 0 Å². The second-order valence-electron chi connectivity index (χ2n) is 7.34. The molecule has 2 N–H and O–H groups in total. The SMILES string of the molecule is O=C(Nc1c[nH]c2ccc(Cl)cc12)N1CCc2cc(-c3ccccc3)ccc2C1. The Morgan fingerprint density at radius 2 is 1.83 bits per heavy atom. The highest BCUT2D eigenvalue weighted by Crippen LogP contribution is 2.29. The van der Waals surface area contributed by atoms with Crippen molar-refractivity contribution >= 4 is 34.2 Å². The lowest BCUT2D eigenvalue weighted by Crippen LogP contribution is -2.38. The molecule has 0 unspecified atom stereocenters. The zero-order valence-corrected chi connectivity index (χ0v) is 16.5. The van der Waals surface area contributed by atoms with Crippen molar-refractivity contribution in [3.63, 3.8) is 0 Å². The standard InChI is InChI=1S/C24H20ClN3O/c25-20-8-9-22-21(13-20)23(14-26-22)27-24(29)28-11-10-18-12-17(6-7-19(18)15-28)16-4-2-1-3-5-16/h1-9,12-14,26H,10-11,15H2,(H,27,29). The van der Waals surface area contributed by atoms with Gasteiger partial charge < -0.3 is 15.2 Å². The maximum Gasteiger partial charge on any atom is 0.322 e. The molecule has 1 aliphatic heterocycles. The fraction of sp³-hybridized carbons (Fsp3) is 0.125. The van der Waals surface area contributed by atoms with Crippen LogP contribution in [0.4, 0.5) is 10.5 Å². The summed E-state index contributed by atoms with van der Waals surface area (Å²) >= 11 is 6.11. The van der Waals surface area contributed by atoms with Crippen LogP contribution < -0.4 is 5.32 Å². The lowest BCUT2D eigenvalue weighted by molar-refractivity contribution is 0.206. The molecule has 2 heterocycles. The number of fused-ring (bicyclic) bond motifs is 2. The molecule has 5 rings (SSSR count). The summed E-state index contributed by atoms with van der Waals surface area (Å²) in [7, 11) is 0. The first-order valence-electron chi connectivity index (χ1n) is 9.67. The first-order valence-corrected chi connectivity index (χ1v) is 10.0. The first-order chi connectivity index (χ1) is 14.2. The quantitative estimate of drug-likeness (QED) is 0.420. The molecule has 0 saturated carbocycles. The molecule has 0 fully saturated rings. The largest absolute Gasteiger partial charge is 0.359 e. The third-order valence-electron chi connectivity index (χ3n) is 5.50. The van der Waals surface area contributed by atoms with Gasteiger partial charge in [0.05, 0.1) is 5.69 Å². The minimum absolute atomic E-state index is 0.0938. The zero-order valence-electron chi connectivity index (χ0n) is 15.8. The maximum absolute atomic E-state index is 12.9. The summed E-state index contributed by atoms with van der Waals surface area (Å²) in [4.78, 5) is 17.9. The van der Waals surface area contributed by atoms with Gasteiger partial charge in [0.2, 0.25) is 0 Å². The molecule has 5 heteroatoms. The molecule has 1 aromatic heterocycles. The third-order valence-corrected chi connectivity index (χ3v) is 5.73. The van der Waals surface area contributed by atoms with Crippen LogP contribution in [0.15, 0.2) is 72.9 Å². The zero-order chi connectivity index (χ0) is 19.8. The van der Waals surface area contributed by atoms with Gasteiger partial charge in [-0.15, -0.1) is 0 Å². The summed E-state index contributed by atoms with van der Waals surface area (Å²) in [6, 6.07) is 22.4. The molecule has 1 aliphatic rings. The number of amides is 2. The van der Waals surface area contributed by atoms with Crippen molar-refractivity contribution in [2.75, 3.05) is 11.9 Å². The monoisotopic (exact) mass is 401 g/mol. The van der Waals surface area contributed by atoms with Crippen LogP contribution in [0.3, 0.4) is 0 Å². The number of aromatic nitrogens is 1. The lowest BCUT2D eigenvalue weighted by atomic mass is 9.95. The number of H-pyrrole nitrogens is 1. The van der Waals surface area contributed by atoms with Crippen LogP contribution >= 0.6 is 11.6 Å². The molecular weight excluding hydrogens is 382 g/mol. The van der Waals surface area contributed by atoms with E-state index >= 15 is 0 Å². The number of nitrogens with one attached hydrogen (secondary N) is 2. The van der Waals surface area contributed by atoms with Crippen molar-refractivity contribution in [1.29, 1.82) is 0 Å². The normalized spacial score (nSPS) is 13.3. The number of nitrogens with zero attached hydrogens (tertiary/aromatic N) is 1. The van der Waals surface area contributed by atoms with E-state index in [-0.39, 0.29) is 6.03 Å². The number of hydrogen-bond acceptors (Lipinski definition) is 1. The minimum atomic E-state index is -0.0938. The average molecular weight is 402 g/mol. The Kier molecular flexibility index (Phi) is 4.49. The van der Waals surface area contributed by atoms with Crippen LogP contribution in [-0.2, 0) is 13.0 Å². The molecule has 0 aliphatic carbocycles. The Morgan fingerprint density at radius 3 is 2.69 bits per heavy atom. The molecule has 0 saturated heterocycles. The fourth-order valence-electron chi connectivity index (χ4n) is 3.93. The summed E-state index contributed by atoms with van der Waals surface area (Å²) in [6.07, 6.45) is 2.66. The number of halogens is 1. The van der Waals surface area contributed by atoms with Gasteiger partial charge in [-0.3, -0.25) is 0 Å². The fourth-order valence-corrected chi connectivity index (χ4v) is 4.10. The van der Waals surface area contributed by atoms with Crippen molar-refractivity contribution in [2.45, 2.75) is 13.0 Å². The van der Waals surface area contributed by atoms with Crippen LogP contribution in [0.5, 0.6) is 0 Å². The van der Waals surface area contributed by atoms with E-state index in [4.69, 9.17) is 11.6 Å². The third kappa shape index (κ3) is 3.47. The summed E-state index contributed by atoms with van der Waals surface area (Å²) in [5.41, 5.74) is 6.65. The van der Waals surface area contributed by atoms with Crippen LogP contribution in [-0.4, -0.2) is 22.5 Å². The number of hydrogen-bond donors (Lipinski definition) is 2. The van der Waals surface area contributed by atoms with E-state index in [1.807, 2.05) is 35.4 Å². The Labute approximate surface area is 174 Å². The van der Waals surface area contributed by atoms with Crippen molar-refractivity contribution < 1.29 is 4.79 Å². The molecule has 2 amide bonds. The van der Waals surface area contributed by atoms with E-state index in [0.717, 1.165) is 23.0 Å². The molecule has 0 bridgehead atoms. The van der Waals surface area contributed by atoms with Gasteiger partial charge in [-0.2, -0.15) is 0 Å². The molecule has 29 heavy (non-hydrogen) atoms. The van der Waals surface area contributed by atoms with Crippen LogP contribution in [0.2, 0.25) is 5.02 Å². The number of carbonyl (C=O) groups excluding carboxylic acids is 1. The predicted molar refractivity (Wildman–Crippen MR) is 118 cm³/mol. The van der Waals surface area contributed by atoms with Gasteiger partial charge in [-0.25, -0.2) is 4.79 Å². The molecule has 144 valence electrons. The van der Waals surface area contributed by atoms with Crippen molar-refractivity contribution in [2.24, 2.45) is 0 Å². The van der Waals surface area contributed by atoms with E-state index in [2.05, 4.69) is 52.8 Å². The maximum atomic E-state index is 12.9. The lowest BCUT2D eigenvalue weighted by Gasteiger charge is -2.29. The van der Waals surface area contributed by atoms with Crippen LogP contribution in [0, 0.1) is 0 Å². The van der Waals surface area contributed by atoms with E-state index in [1.165, 1.54) is 22.3 Å². The molecule has 0 radical (unpaired) electrons. The molecule has 0 atom stereocenters. The van der Waals surface area contributed by atoms with E-state index < -0.39 is 0 Å². The highest BCUT2D eigenvalue weighted by Gasteiger charge is 2.22. The Hall–Kier alpha value is -3.24. The Morgan fingerprint density at radius 1 is 0.966 bits per heavy atom. The van der Waals surface area contributed by atoms with E-state index in [1.54, 1.807) is 0 Å². The van der Waals surface area contributed by atoms with Crippen molar-refractivity contribution in [1.82, 2.24) is 9.88 Å². The van der Waals surface area contributed by atoms with Gasteiger partial charge in [-0.05, 0) is 46.9 Å². The number of carbonyl (C=O) groups is 1. The average Bonchev–Trinajstić information content (AvgIpc) is 3.15. The van der Waals surface area contributed by atoms with Gasteiger partial charge in [0.1, 0.15) is 0 Å². The van der Waals surface area contributed by atoms with E-state index in [9.17, 15) is 4.79 Å². The Balaban J connectivity index is 1.34. The van der Waals surface area contributed by atoms with Crippen LogP contribution in [0.25, 0.3) is 22.0 Å². The second kappa shape index (κ2) is 7.30. The molecular formula is C24H20ClN3O. The summed E-state index contributed by atoms with van der Waals surface area (Å²) in [6.45, 7) is 1.31. The highest BCUT2D eigenvalue weighted by molar-refractivity contribution is 6.31. The number of urea groups is 1. The van der Waals surface area contributed by atoms with Gasteiger partial charge in [0, 0.05) is 35.2 Å². The van der Waals surface area contributed by atoms with E-state index in [0.29, 0.717) is 18.1 Å². The highest BCUT2D eigenvalue weighted by atomic mass is 35.5. The first kappa shape index (κ1) is 17.8. The van der Waals surface area contributed by atoms with Crippen molar-refractivity contribution in [3.05, 3.63) is 89.1 Å². The Bertz CT molecular complexity index is 1200. The topological polar surface area (TPSA) is 48.1 Å². The summed E-state index contributed by atoms with van der Waals surface area (Å²) in [5.74, 6) is 0. The minimum Gasteiger partial charge on any atom is -0.359 e. The summed E-state index contributed by atoms with van der Waals surface area (Å²) in [5, 5.41) is 4.59. The smallest absolute Gasteiger partial charge is 0.322 e. The molecule has 4 nitrogen and oxygen atoms in total. The van der Waals surface area contributed by atoms with Gasteiger partial charge >= 0.3 is 6.03 Å². The van der Waals surface area contributed by atoms with Gasteiger partial charge in [-0.1, -0.05) is 60.1 Å². The number of rotatable bonds is 2. The second-order valence-corrected chi connectivity index (χ2v) is 7.78. The molecule has 3 aromatic carbocycles. The van der Waals surface area contributed by atoms with Crippen LogP contribution in [0.1, 0.15) is 11.1 Å². The number of aromatic amines is 1. The predicted octanol–water partition coefficient (Wildman–Crippen LogP) is 6.08. The molecule has 0 spiro atoms.